The normalized spacial score (nSPS) is 11.8. The maximum Gasteiger partial charge on any atom is 0.191 e. The van der Waals surface area contributed by atoms with Crippen LogP contribution in [0.5, 0.6) is 0 Å². The Bertz CT molecular complexity index is 432. The summed E-state index contributed by atoms with van der Waals surface area (Å²) in [6.45, 7) is 3.33. The summed E-state index contributed by atoms with van der Waals surface area (Å²) in [5, 5.41) is 6.64. The maximum atomic E-state index is 5.03. The standard InChI is InChI=1S/C16H28N4O/c1-17-16(18-10-7-11-21-4)19-12-14-8-5-6-9-15(14)13-20(2)3/h5-6,8-9H,7,10-13H2,1-4H3,(H2,17,18,19). The highest BCUT2D eigenvalue weighted by Crippen LogP contribution is 2.10. The highest BCUT2D eigenvalue weighted by Gasteiger charge is 2.04. The van der Waals surface area contributed by atoms with E-state index in [1.165, 1.54) is 11.1 Å². The predicted octanol–water partition coefficient (Wildman–Crippen LogP) is 1.45. The molecule has 5 nitrogen and oxygen atoms in total. The number of hydrogen-bond acceptors (Lipinski definition) is 3. The molecule has 118 valence electrons. The maximum absolute atomic E-state index is 5.03. The summed E-state index contributed by atoms with van der Waals surface area (Å²) >= 11 is 0. The summed E-state index contributed by atoms with van der Waals surface area (Å²) in [7, 11) is 7.67. The number of rotatable bonds is 8. The molecule has 0 saturated carbocycles. The number of nitrogens with one attached hydrogen (secondary N) is 2. The Hall–Kier alpha value is -1.59. The lowest BCUT2D eigenvalue weighted by Crippen LogP contribution is -2.37. The molecule has 0 heterocycles. The third-order valence-corrected chi connectivity index (χ3v) is 3.09. The van der Waals surface area contributed by atoms with Crippen molar-refractivity contribution < 1.29 is 4.74 Å². The number of aliphatic imine (C=N–C) groups is 1. The van der Waals surface area contributed by atoms with E-state index < -0.39 is 0 Å². The number of nitrogens with zero attached hydrogens (tertiary/aromatic N) is 2. The minimum absolute atomic E-state index is 0.760. The molecule has 1 rings (SSSR count). The van der Waals surface area contributed by atoms with Gasteiger partial charge in [0.25, 0.3) is 0 Å². The van der Waals surface area contributed by atoms with Gasteiger partial charge in [0.15, 0.2) is 5.96 Å². The van der Waals surface area contributed by atoms with E-state index in [0.717, 1.165) is 38.6 Å². The second kappa shape index (κ2) is 10.2. The molecule has 1 aromatic carbocycles. The van der Waals surface area contributed by atoms with E-state index >= 15 is 0 Å². The van der Waals surface area contributed by atoms with Crippen LogP contribution in [0, 0.1) is 0 Å². The van der Waals surface area contributed by atoms with E-state index in [2.05, 4.69) is 58.9 Å². The van der Waals surface area contributed by atoms with Crippen LogP contribution in [0.2, 0.25) is 0 Å². The van der Waals surface area contributed by atoms with Crippen LogP contribution in [0.15, 0.2) is 29.3 Å². The molecule has 0 saturated heterocycles. The Morgan fingerprint density at radius 1 is 1.19 bits per heavy atom. The minimum Gasteiger partial charge on any atom is -0.385 e. The molecule has 0 amide bonds. The summed E-state index contributed by atoms with van der Waals surface area (Å²) < 4.78 is 5.03. The van der Waals surface area contributed by atoms with Crippen molar-refractivity contribution in [1.29, 1.82) is 0 Å². The number of ether oxygens (including phenoxy) is 1. The molecule has 0 spiro atoms. The fourth-order valence-electron chi connectivity index (χ4n) is 2.05. The molecule has 2 N–H and O–H groups in total. The fourth-order valence-corrected chi connectivity index (χ4v) is 2.05. The zero-order chi connectivity index (χ0) is 15.5. The fraction of sp³-hybridized carbons (Fsp3) is 0.562. The molecule has 1 aromatic rings. The van der Waals surface area contributed by atoms with Crippen LogP contribution in [0.3, 0.4) is 0 Å². The Labute approximate surface area is 128 Å². The van der Waals surface area contributed by atoms with E-state index in [1.807, 2.05) is 0 Å². The van der Waals surface area contributed by atoms with Gasteiger partial charge in [-0.25, -0.2) is 0 Å². The summed E-state index contributed by atoms with van der Waals surface area (Å²) in [5.74, 6) is 0.825. The van der Waals surface area contributed by atoms with Crippen molar-refractivity contribution in [2.24, 2.45) is 4.99 Å². The topological polar surface area (TPSA) is 48.9 Å². The average molecular weight is 292 g/mol. The quantitative estimate of drug-likeness (QED) is 0.432. The smallest absolute Gasteiger partial charge is 0.191 e. The van der Waals surface area contributed by atoms with E-state index in [-0.39, 0.29) is 0 Å². The molecule has 0 fully saturated rings. The first-order valence-corrected chi connectivity index (χ1v) is 7.32. The zero-order valence-electron chi connectivity index (χ0n) is 13.6. The molecule has 0 aliphatic rings. The second-order valence-electron chi connectivity index (χ2n) is 5.21. The van der Waals surface area contributed by atoms with Crippen molar-refractivity contribution in [3.8, 4) is 0 Å². The highest BCUT2D eigenvalue weighted by atomic mass is 16.5. The monoisotopic (exact) mass is 292 g/mol. The van der Waals surface area contributed by atoms with Gasteiger partial charge in [-0.05, 0) is 31.6 Å². The third kappa shape index (κ3) is 7.11. The molecule has 0 aliphatic heterocycles. The summed E-state index contributed by atoms with van der Waals surface area (Å²) in [5.41, 5.74) is 2.64. The number of hydrogen-bond donors (Lipinski definition) is 2. The van der Waals surface area contributed by atoms with Gasteiger partial charge in [0.1, 0.15) is 0 Å². The molecule has 5 heteroatoms. The van der Waals surface area contributed by atoms with Crippen molar-refractivity contribution in [3.63, 3.8) is 0 Å². The predicted molar refractivity (Wildman–Crippen MR) is 88.5 cm³/mol. The van der Waals surface area contributed by atoms with Gasteiger partial charge >= 0.3 is 0 Å². The van der Waals surface area contributed by atoms with Crippen LogP contribution in [0.25, 0.3) is 0 Å². The summed E-state index contributed by atoms with van der Waals surface area (Å²) in [4.78, 5) is 6.41. The lowest BCUT2D eigenvalue weighted by atomic mass is 10.1. The molecule has 0 atom stereocenters. The molecule has 0 unspecified atom stereocenters. The zero-order valence-corrected chi connectivity index (χ0v) is 13.6. The van der Waals surface area contributed by atoms with Crippen LogP contribution in [-0.4, -0.2) is 52.3 Å². The largest absolute Gasteiger partial charge is 0.385 e. The molecular formula is C16H28N4O. The van der Waals surface area contributed by atoms with Crippen LogP contribution >= 0.6 is 0 Å². The SMILES string of the molecule is CN=C(NCCCOC)NCc1ccccc1CN(C)C. The molecule has 0 radical (unpaired) electrons. The van der Waals surface area contributed by atoms with Crippen molar-refractivity contribution in [1.82, 2.24) is 15.5 Å². The van der Waals surface area contributed by atoms with E-state index in [4.69, 9.17) is 4.74 Å². The second-order valence-corrected chi connectivity index (χ2v) is 5.21. The molecule has 0 aliphatic carbocycles. The van der Waals surface area contributed by atoms with Crippen molar-refractivity contribution in [2.45, 2.75) is 19.5 Å². The Morgan fingerprint density at radius 2 is 1.90 bits per heavy atom. The Morgan fingerprint density at radius 3 is 2.52 bits per heavy atom. The lowest BCUT2D eigenvalue weighted by Gasteiger charge is -2.16. The van der Waals surface area contributed by atoms with E-state index in [9.17, 15) is 0 Å². The van der Waals surface area contributed by atoms with Gasteiger partial charge in [-0.15, -0.1) is 0 Å². The molecule has 0 aromatic heterocycles. The first-order valence-electron chi connectivity index (χ1n) is 7.32. The minimum atomic E-state index is 0.760. The van der Waals surface area contributed by atoms with Gasteiger partial charge in [-0.3, -0.25) is 4.99 Å². The van der Waals surface area contributed by atoms with Gasteiger partial charge < -0.3 is 20.3 Å². The van der Waals surface area contributed by atoms with Crippen LogP contribution in [0.1, 0.15) is 17.5 Å². The van der Waals surface area contributed by atoms with Crippen LogP contribution in [0.4, 0.5) is 0 Å². The van der Waals surface area contributed by atoms with Crippen LogP contribution < -0.4 is 10.6 Å². The summed E-state index contributed by atoms with van der Waals surface area (Å²) in [6, 6.07) is 8.49. The first kappa shape index (κ1) is 17.5. The van der Waals surface area contributed by atoms with Crippen molar-refractivity contribution >= 4 is 5.96 Å². The van der Waals surface area contributed by atoms with Gasteiger partial charge in [-0.1, -0.05) is 24.3 Å². The van der Waals surface area contributed by atoms with E-state index in [0.29, 0.717) is 0 Å². The first-order chi connectivity index (χ1) is 10.2. The van der Waals surface area contributed by atoms with Gasteiger partial charge in [0.05, 0.1) is 0 Å². The Balaban J connectivity index is 2.49. The highest BCUT2D eigenvalue weighted by molar-refractivity contribution is 5.79. The lowest BCUT2D eigenvalue weighted by molar-refractivity contribution is 0.195. The number of benzene rings is 1. The molecular weight excluding hydrogens is 264 g/mol. The molecule has 0 bridgehead atoms. The Kier molecular flexibility index (Phi) is 8.47. The van der Waals surface area contributed by atoms with Gasteiger partial charge in [0, 0.05) is 40.4 Å². The summed E-state index contributed by atoms with van der Waals surface area (Å²) in [6.07, 6.45) is 0.967. The van der Waals surface area contributed by atoms with Crippen LogP contribution in [-0.2, 0) is 17.8 Å². The third-order valence-electron chi connectivity index (χ3n) is 3.09. The average Bonchev–Trinajstić information content (AvgIpc) is 2.47. The van der Waals surface area contributed by atoms with Crippen molar-refractivity contribution in [2.75, 3.05) is 41.4 Å². The van der Waals surface area contributed by atoms with Gasteiger partial charge in [0.2, 0.25) is 0 Å². The number of guanidine groups is 1. The van der Waals surface area contributed by atoms with E-state index in [1.54, 1.807) is 14.2 Å². The van der Waals surface area contributed by atoms with Gasteiger partial charge in [-0.2, -0.15) is 0 Å². The van der Waals surface area contributed by atoms with Crippen molar-refractivity contribution in [3.05, 3.63) is 35.4 Å². The molecule has 21 heavy (non-hydrogen) atoms. The number of methoxy groups -OCH3 is 1.